The predicted octanol–water partition coefficient (Wildman–Crippen LogP) is 5.08. The van der Waals surface area contributed by atoms with Crippen molar-refractivity contribution in [1.82, 2.24) is 9.88 Å². The highest BCUT2D eigenvalue weighted by atomic mass is 32.1. The number of aromatic nitrogens is 1. The van der Waals surface area contributed by atoms with Gasteiger partial charge in [-0.15, -0.1) is 11.3 Å². The van der Waals surface area contributed by atoms with E-state index in [9.17, 15) is 4.39 Å². The number of nitrogens with zero attached hydrogens (tertiary/aromatic N) is 1. The van der Waals surface area contributed by atoms with Gasteiger partial charge < -0.3 is 14.0 Å². The molecule has 2 fully saturated rings. The molecular formula is C23H17FN2O4S. The van der Waals surface area contributed by atoms with Gasteiger partial charge in [-0.1, -0.05) is 0 Å². The molecule has 1 N–H and O–H groups in total. The lowest BCUT2D eigenvalue weighted by Crippen LogP contribution is -2.41. The molecule has 0 bridgehead atoms. The molecule has 2 aromatic carbocycles. The summed E-state index contributed by atoms with van der Waals surface area (Å²) in [5.74, 6) is -0.255. The Morgan fingerprint density at radius 3 is 2.81 bits per heavy atom. The molecule has 0 radical (unpaired) electrons. The van der Waals surface area contributed by atoms with E-state index in [1.54, 1.807) is 17.4 Å². The lowest BCUT2D eigenvalue weighted by atomic mass is 9.85. The number of thiophene rings is 1. The highest BCUT2D eigenvalue weighted by Crippen LogP contribution is 2.56. The zero-order valence-corrected chi connectivity index (χ0v) is 17.1. The summed E-state index contributed by atoms with van der Waals surface area (Å²) < 4.78 is 39.6. The minimum absolute atomic E-state index is 0. The first-order valence-corrected chi connectivity index (χ1v) is 11.0. The van der Waals surface area contributed by atoms with Gasteiger partial charge in [-0.05, 0) is 35.2 Å². The van der Waals surface area contributed by atoms with Crippen LogP contribution in [0.15, 0.2) is 51.1 Å². The van der Waals surface area contributed by atoms with Crippen molar-refractivity contribution in [3.05, 3.63) is 58.9 Å². The van der Waals surface area contributed by atoms with Crippen molar-refractivity contribution >= 4 is 54.6 Å². The summed E-state index contributed by atoms with van der Waals surface area (Å²) >= 11 is 1.66. The number of benzene rings is 2. The normalized spacial score (nSPS) is 27.2. The van der Waals surface area contributed by atoms with Crippen LogP contribution in [0.3, 0.4) is 0 Å². The Hall–Kier alpha value is -2.91. The molecule has 0 amide bonds. The van der Waals surface area contributed by atoms with E-state index in [1.165, 1.54) is 6.07 Å². The summed E-state index contributed by atoms with van der Waals surface area (Å²) in [6.45, 7) is 0.554. The van der Waals surface area contributed by atoms with Crippen LogP contribution in [0.5, 0.6) is 0 Å². The minimum atomic E-state index is -0.610. The van der Waals surface area contributed by atoms with Crippen molar-refractivity contribution in [1.29, 1.82) is 0 Å². The van der Waals surface area contributed by atoms with Gasteiger partial charge in [-0.2, -0.15) is 0 Å². The second-order valence-electron chi connectivity index (χ2n) is 8.45. The van der Waals surface area contributed by atoms with Crippen molar-refractivity contribution in [2.24, 2.45) is 7.05 Å². The lowest BCUT2D eigenvalue weighted by Gasteiger charge is -2.25. The van der Waals surface area contributed by atoms with E-state index in [1.807, 2.05) is 29.8 Å². The molecule has 31 heavy (non-hydrogen) atoms. The van der Waals surface area contributed by atoms with Crippen LogP contribution in [-0.2, 0) is 16.5 Å². The molecule has 3 aliphatic rings. The Kier molecular flexibility index (Phi) is 2.85. The molecule has 6 heterocycles. The topological polar surface area (TPSA) is 68.3 Å². The predicted molar refractivity (Wildman–Crippen MR) is 116 cm³/mol. The van der Waals surface area contributed by atoms with E-state index in [4.69, 9.17) is 18.6 Å². The Balaban J connectivity index is 0.00000180. The van der Waals surface area contributed by atoms with Crippen molar-refractivity contribution < 1.29 is 24.4 Å². The maximum atomic E-state index is 14.2. The number of ether oxygens (including phenoxy) is 2. The van der Waals surface area contributed by atoms with Crippen molar-refractivity contribution in [3.8, 4) is 0 Å². The molecule has 3 aliphatic heterocycles. The van der Waals surface area contributed by atoms with Gasteiger partial charge in [0.1, 0.15) is 18.1 Å². The van der Waals surface area contributed by atoms with Gasteiger partial charge in [0.25, 0.3) is 0 Å². The molecule has 5 aromatic rings. The molecule has 8 rings (SSSR count). The SMILES string of the molecule is Cn1cc(C2=C(c3csc4cc5ooc5cc34)C3OC3NC23CO3)c2cc(F)ccc21.[HH]. The van der Waals surface area contributed by atoms with Crippen LogP contribution in [0.25, 0.3) is 43.3 Å². The fraction of sp³-hybridized carbons (Fsp3) is 0.217. The number of hydrogen-bond donors (Lipinski definition) is 1. The molecule has 8 heteroatoms. The molecule has 3 atom stereocenters. The zero-order chi connectivity index (χ0) is 20.5. The Bertz CT molecular complexity index is 1600. The Labute approximate surface area is 179 Å². The molecule has 6 nitrogen and oxygen atoms in total. The number of halogens is 1. The lowest BCUT2D eigenvalue weighted by molar-refractivity contribution is 0.0592. The van der Waals surface area contributed by atoms with Crippen LogP contribution in [0.1, 0.15) is 12.6 Å². The highest BCUT2D eigenvalue weighted by Gasteiger charge is 2.62. The van der Waals surface area contributed by atoms with Crippen LogP contribution in [0, 0.1) is 5.82 Å². The summed E-state index contributed by atoms with van der Waals surface area (Å²) in [6.07, 6.45) is 1.91. The van der Waals surface area contributed by atoms with Gasteiger partial charge in [-0.3, -0.25) is 14.5 Å². The van der Waals surface area contributed by atoms with E-state index in [0.717, 1.165) is 54.4 Å². The number of fused-ring (bicyclic) bond motifs is 4. The van der Waals surface area contributed by atoms with Crippen LogP contribution >= 0.6 is 11.3 Å². The first kappa shape index (κ1) is 16.7. The molecule has 0 saturated carbocycles. The molecule has 1 spiro atoms. The van der Waals surface area contributed by atoms with Crippen LogP contribution in [-0.4, -0.2) is 29.2 Å². The first-order chi connectivity index (χ1) is 15.1. The third kappa shape index (κ3) is 2.10. The number of aryl methyl sites for hydroxylation is 1. The quantitative estimate of drug-likeness (QED) is 0.309. The van der Waals surface area contributed by atoms with E-state index in [-0.39, 0.29) is 19.6 Å². The van der Waals surface area contributed by atoms with Crippen LogP contribution in [0.4, 0.5) is 4.39 Å². The van der Waals surface area contributed by atoms with Crippen molar-refractivity contribution in [2.75, 3.05) is 6.61 Å². The van der Waals surface area contributed by atoms with Crippen molar-refractivity contribution in [2.45, 2.75) is 18.1 Å². The maximum Gasteiger partial charge on any atom is 0.227 e. The third-order valence-corrected chi connectivity index (χ3v) is 7.58. The summed E-state index contributed by atoms with van der Waals surface area (Å²) in [4.78, 5) is 0. The maximum absolute atomic E-state index is 14.2. The van der Waals surface area contributed by atoms with Gasteiger partial charge >= 0.3 is 0 Å². The van der Waals surface area contributed by atoms with Crippen LogP contribution in [0.2, 0.25) is 0 Å². The Morgan fingerprint density at radius 1 is 1.16 bits per heavy atom. The fourth-order valence-electron chi connectivity index (χ4n) is 5.05. The van der Waals surface area contributed by atoms with Gasteiger partial charge in [0.15, 0.2) is 5.72 Å². The molecular weight excluding hydrogens is 419 g/mol. The fourth-order valence-corrected chi connectivity index (χ4v) is 6.02. The summed E-state index contributed by atoms with van der Waals surface area (Å²) in [5.41, 5.74) is 6.06. The average Bonchev–Trinajstić information content (AvgIpc) is 3.62. The van der Waals surface area contributed by atoms with E-state index < -0.39 is 5.72 Å². The number of rotatable bonds is 2. The number of nitrogens with one attached hydrogen (secondary N) is 1. The van der Waals surface area contributed by atoms with E-state index in [0.29, 0.717) is 6.61 Å². The largest absolute Gasteiger partial charge is 0.350 e. The second-order valence-corrected chi connectivity index (χ2v) is 9.36. The number of epoxide rings is 2. The summed E-state index contributed by atoms with van der Waals surface area (Å²) in [7, 11) is 1.98. The van der Waals surface area contributed by atoms with Crippen molar-refractivity contribution in [3.63, 3.8) is 0 Å². The second kappa shape index (κ2) is 5.28. The highest BCUT2D eigenvalue weighted by molar-refractivity contribution is 7.17. The van der Waals surface area contributed by atoms with Gasteiger partial charge in [0.2, 0.25) is 11.2 Å². The van der Waals surface area contributed by atoms with Gasteiger partial charge in [-0.25, -0.2) is 4.39 Å². The standard InChI is InChI=1S/C23H15FN2O4S.H2/c1-26-7-13(11-4-10(24)2-3-15(11)26)20-19(21-22(28-21)25-23(20)9-27-23)14-8-31-18-6-17-16(29-30-17)5-12(14)18;/h2-8,21-22,25H,9H2,1H3;1H. The molecule has 156 valence electrons. The molecule has 2 saturated heterocycles. The monoisotopic (exact) mass is 436 g/mol. The van der Waals surface area contributed by atoms with E-state index in [2.05, 4.69) is 16.9 Å². The molecule has 3 unspecified atom stereocenters. The third-order valence-electron chi connectivity index (χ3n) is 6.63. The number of hydrogen-bond acceptors (Lipinski definition) is 6. The summed E-state index contributed by atoms with van der Waals surface area (Å²) in [5, 5.41) is 7.62. The molecule has 3 aromatic heterocycles. The van der Waals surface area contributed by atoms with Crippen LogP contribution < -0.4 is 5.32 Å². The smallest absolute Gasteiger partial charge is 0.227 e. The van der Waals surface area contributed by atoms with Gasteiger partial charge in [0.05, 0.1) is 6.61 Å². The van der Waals surface area contributed by atoms with Gasteiger partial charge in [0, 0.05) is 58.4 Å². The minimum Gasteiger partial charge on any atom is -0.350 e. The first-order valence-electron chi connectivity index (χ1n) is 10.1. The summed E-state index contributed by atoms with van der Waals surface area (Å²) in [6, 6.07) is 8.94. The average molecular weight is 436 g/mol. The zero-order valence-electron chi connectivity index (χ0n) is 16.3. The van der Waals surface area contributed by atoms with E-state index >= 15 is 0 Å². The molecule has 0 aliphatic carbocycles. The Morgan fingerprint density at radius 2 is 2.00 bits per heavy atom.